The molecule has 0 spiro atoms. The van der Waals surface area contributed by atoms with Gasteiger partial charge in [-0.3, -0.25) is 0 Å². The molecule has 1 aliphatic rings. The quantitative estimate of drug-likeness (QED) is 0.464. The summed E-state index contributed by atoms with van der Waals surface area (Å²) in [7, 11) is 0. The monoisotopic (exact) mass is 261 g/mol. The average Bonchev–Trinajstić information content (AvgIpc) is 2.93. The third-order valence-electron chi connectivity index (χ3n) is 3.21. The molecule has 2 rings (SSSR count). The van der Waals surface area contributed by atoms with Crippen molar-refractivity contribution in [1.29, 1.82) is 0 Å². The zero-order valence-corrected chi connectivity index (χ0v) is 11.0. The van der Waals surface area contributed by atoms with Crippen molar-refractivity contribution in [3.63, 3.8) is 0 Å². The smallest absolute Gasteiger partial charge is 0.331 e. The summed E-state index contributed by atoms with van der Waals surface area (Å²) in [6.45, 7) is 3.70. The SMILES string of the molecule is C=CCOC(=O)/C=C\c1cn(C2CCCCC2)nn1. The Morgan fingerprint density at radius 3 is 3.00 bits per heavy atom. The van der Waals surface area contributed by atoms with E-state index >= 15 is 0 Å². The third-order valence-corrected chi connectivity index (χ3v) is 3.21. The van der Waals surface area contributed by atoms with Crippen molar-refractivity contribution in [2.45, 2.75) is 38.1 Å². The second-order valence-electron chi connectivity index (χ2n) is 4.67. The zero-order chi connectivity index (χ0) is 13.5. The molecule has 0 unspecified atom stereocenters. The van der Waals surface area contributed by atoms with Crippen LogP contribution in [0.3, 0.4) is 0 Å². The molecule has 0 radical (unpaired) electrons. The summed E-state index contributed by atoms with van der Waals surface area (Å²) in [5, 5.41) is 8.17. The molecule has 0 aromatic carbocycles. The molecule has 1 fully saturated rings. The van der Waals surface area contributed by atoms with E-state index in [1.807, 2.05) is 10.9 Å². The van der Waals surface area contributed by atoms with E-state index in [0.717, 1.165) is 12.8 Å². The van der Waals surface area contributed by atoms with E-state index in [9.17, 15) is 4.79 Å². The maximum Gasteiger partial charge on any atom is 0.331 e. The van der Waals surface area contributed by atoms with Gasteiger partial charge in [0.2, 0.25) is 0 Å². The zero-order valence-electron chi connectivity index (χ0n) is 11.0. The minimum absolute atomic E-state index is 0.220. The number of carbonyl (C=O) groups is 1. The molecule has 0 atom stereocenters. The molecule has 0 amide bonds. The number of nitrogens with zero attached hydrogens (tertiary/aromatic N) is 3. The van der Waals surface area contributed by atoms with E-state index in [2.05, 4.69) is 16.9 Å². The second kappa shape index (κ2) is 6.87. The number of esters is 1. The highest BCUT2D eigenvalue weighted by atomic mass is 16.5. The molecular weight excluding hydrogens is 242 g/mol. The van der Waals surface area contributed by atoms with E-state index < -0.39 is 5.97 Å². The van der Waals surface area contributed by atoms with Crippen LogP contribution in [0.2, 0.25) is 0 Å². The molecule has 5 nitrogen and oxygen atoms in total. The van der Waals surface area contributed by atoms with Gasteiger partial charge in [-0.2, -0.15) is 0 Å². The van der Waals surface area contributed by atoms with Crippen LogP contribution in [0.5, 0.6) is 0 Å². The van der Waals surface area contributed by atoms with Gasteiger partial charge in [-0.1, -0.05) is 37.1 Å². The van der Waals surface area contributed by atoms with Crippen molar-refractivity contribution in [3.05, 3.63) is 30.6 Å². The molecule has 1 aromatic heterocycles. The normalized spacial score (nSPS) is 16.6. The molecule has 102 valence electrons. The Labute approximate surface area is 112 Å². The van der Waals surface area contributed by atoms with Crippen molar-refractivity contribution in [2.75, 3.05) is 6.61 Å². The van der Waals surface area contributed by atoms with Crippen molar-refractivity contribution in [1.82, 2.24) is 15.0 Å². The van der Waals surface area contributed by atoms with Gasteiger partial charge in [0.25, 0.3) is 0 Å². The standard InChI is InChI=1S/C14H19N3O2/c1-2-10-19-14(18)9-8-12-11-17(16-15-12)13-6-4-3-5-7-13/h2,8-9,11,13H,1,3-7,10H2/b9-8-. The van der Waals surface area contributed by atoms with Crippen molar-refractivity contribution < 1.29 is 9.53 Å². The average molecular weight is 261 g/mol. The summed E-state index contributed by atoms with van der Waals surface area (Å²) in [6.07, 6.45) is 12.5. The first kappa shape index (κ1) is 13.5. The Bertz CT molecular complexity index is 459. The van der Waals surface area contributed by atoms with E-state index in [4.69, 9.17) is 4.74 Å². The van der Waals surface area contributed by atoms with Crippen LogP contribution in [-0.2, 0) is 9.53 Å². The van der Waals surface area contributed by atoms with Gasteiger partial charge in [0.15, 0.2) is 0 Å². The van der Waals surface area contributed by atoms with Crippen LogP contribution in [0, 0.1) is 0 Å². The summed E-state index contributed by atoms with van der Waals surface area (Å²) < 4.78 is 6.75. The van der Waals surface area contributed by atoms with Gasteiger partial charge in [0.1, 0.15) is 12.3 Å². The fraction of sp³-hybridized carbons (Fsp3) is 0.500. The molecule has 0 bridgehead atoms. The number of hydrogen-bond acceptors (Lipinski definition) is 4. The topological polar surface area (TPSA) is 57.0 Å². The summed E-state index contributed by atoms with van der Waals surface area (Å²) >= 11 is 0. The lowest BCUT2D eigenvalue weighted by Crippen LogP contribution is -2.13. The maximum atomic E-state index is 11.3. The minimum Gasteiger partial charge on any atom is -0.458 e. The summed E-state index contributed by atoms with van der Waals surface area (Å²) in [5.41, 5.74) is 0.682. The Balaban J connectivity index is 1.91. The Morgan fingerprint density at radius 2 is 2.26 bits per heavy atom. The van der Waals surface area contributed by atoms with Crippen molar-refractivity contribution >= 4 is 12.0 Å². The Kier molecular flexibility index (Phi) is 4.89. The van der Waals surface area contributed by atoms with Gasteiger partial charge in [0.05, 0.1) is 12.2 Å². The fourth-order valence-corrected chi connectivity index (χ4v) is 2.23. The van der Waals surface area contributed by atoms with E-state index in [0.29, 0.717) is 11.7 Å². The fourth-order valence-electron chi connectivity index (χ4n) is 2.23. The Morgan fingerprint density at radius 1 is 1.47 bits per heavy atom. The van der Waals surface area contributed by atoms with Gasteiger partial charge in [-0.05, 0) is 18.9 Å². The molecule has 0 aliphatic heterocycles. The largest absolute Gasteiger partial charge is 0.458 e. The van der Waals surface area contributed by atoms with Gasteiger partial charge >= 0.3 is 5.97 Å². The second-order valence-corrected chi connectivity index (χ2v) is 4.67. The molecular formula is C14H19N3O2. The first-order chi connectivity index (χ1) is 9.29. The lowest BCUT2D eigenvalue weighted by Gasteiger charge is -2.20. The highest BCUT2D eigenvalue weighted by Gasteiger charge is 2.16. The van der Waals surface area contributed by atoms with Crippen LogP contribution in [0.25, 0.3) is 6.08 Å². The number of carbonyl (C=O) groups excluding carboxylic acids is 1. The number of hydrogen-bond donors (Lipinski definition) is 0. The minimum atomic E-state index is -0.396. The summed E-state index contributed by atoms with van der Waals surface area (Å²) in [6, 6.07) is 0.455. The van der Waals surface area contributed by atoms with Crippen LogP contribution in [-0.4, -0.2) is 27.6 Å². The van der Waals surface area contributed by atoms with Gasteiger partial charge in [-0.15, -0.1) is 5.10 Å². The van der Waals surface area contributed by atoms with Crippen LogP contribution in [0.15, 0.2) is 24.9 Å². The van der Waals surface area contributed by atoms with Gasteiger partial charge in [0, 0.05) is 6.08 Å². The maximum absolute atomic E-state index is 11.3. The highest BCUT2D eigenvalue weighted by Crippen LogP contribution is 2.27. The predicted molar refractivity (Wildman–Crippen MR) is 72.3 cm³/mol. The first-order valence-corrected chi connectivity index (χ1v) is 6.67. The first-order valence-electron chi connectivity index (χ1n) is 6.67. The van der Waals surface area contributed by atoms with Crippen molar-refractivity contribution in [3.8, 4) is 0 Å². The molecule has 1 aromatic rings. The van der Waals surface area contributed by atoms with E-state index in [1.54, 1.807) is 6.08 Å². The molecule has 0 saturated heterocycles. The molecule has 0 N–H and O–H groups in total. The van der Waals surface area contributed by atoms with Crippen LogP contribution in [0.4, 0.5) is 0 Å². The van der Waals surface area contributed by atoms with Gasteiger partial charge < -0.3 is 4.74 Å². The summed E-state index contributed by atoms with van der Waals surface area (Å²) in [4.78, 5) is 11.3. The lowest BCUT2D eigenvalue weighted by molar-refractivity contribution is -0.136. The third kappa shape index (κ3) is 4.05. The van der Waals surface area contributed by atoms with Crippen LogP contribution < -0.4 is 0 Å². The van der Waals surface area contributed by atoms with Gasteiger partial charge in [-0.25, -0.2) is 9.48 Å². The molecule has 1 saturated carbocycles. The predicted octanol–water partition coefficient (Wildman–Crippen LogP) is 2.53. The summed E-state index contributed by atoms with van der Waals surface area (Å²) in [5.74, 6) is -0.396. The Hall–Kier alpha value is -1.91. The molecule has 19 heavy (non-hydrogen) atoms. The molecule has 1 heterocycles. The van der Waals surface area contributed by atoms with E-state index in [1.165, 1.54) is 31.4 Å². The van der Waals surface area contributed by atoms with E-state index in [-0.39, 0.29) is 6.61 Å². The van der Waals surface area contributed by atoms with Crippen LogP contribution >= 0.6 is 0 Å². The molecule has 5 heteroatoms. The van der Waals surface area contributed by atoms with Crippen molar-refractivity contribution in [2.24, 2.45) is 0 Å². The van der Waals surface area contributed by atoms with Crippen LogP contribution in [0.1, 0.15) is 43.8 Å². The lowest BCUT2D eigenvalue weighted by atomic mass is 9.96. The number of ether oxygens (including phenoxy) is 1. The number of rotatable bonds is 5. The molecule has 1 aliphatic carbocycles. The number of aromatic nitrogens is 3. The highest BCUT2D eigenvalue weighted by molar-refractivity contribution is 5.86.